The van der Waals surface area contributed by atoms with Crippen molar-refractivity contribution in [3.05, 3.63) is 71.5 Å². The first-order valence-electron chi connectivity index (χ1n) is 8.61. The van der Waals surface area contributed by atoms with Gasteiger partial charge in [-0.3, -0.25) is 9.69 Å². The summed E-state index contributed by atoms with van der Waals surface area (Å²) in [6.07, 6.45) is 0. The number of nitrogens with zero attached hydrogens (tertiary/aromatic N) is 2. The summed E-state index contributed by atoms with van der Waals surface area (Å²) in [6, 6.07) is 16.6. The maximum absolute atomic E-state index is 13.6. The zero-order valence-corrected chi connectivity index (χ0v) is 15.7. The summed E-state index contributed by atoms with van der Waals surface area (Å²) in [4.78, 5) is 16.5. The van der Waals surface area contributed by atoms with E-state index in [1.54, 1.807) is 17.0 Å². The van der Waals surface area contributed by atoms with Gasteiger partial charge in [0, 0.05) is 39.3 Å². The molecule has 6 heteroatoms. The van der Waals surface area contributed by atoms with Crippen LogP contribution in [0.3, 0.4) is 0 Å². The van der Waals surface area contributed by atoms with Gasteiger partial charge in [0.05, 0.1) is 6.54 Å². The standard InChI is InChI=1S/C20H24FN3O.ClH/c1-23(14-16-6-3-2-4-7-16)20(25)15-24-11-10-22-13-19(24)17-8-5-9-18(21)12-17;/h2-9,12,19,22H,10-11,13-15H2,1H3;1H. The molecule has 0 aliphatic carbocycles. The van der Waals surface area contributed by atoms with Gasteiger partial charge in [0.15, 0.2) is 0 Å². The van der Waals surface area contributed by atoms with E-state index in [1.165, 1.54) is 6.07 Å². The molecule has 2 aromatic rings. The number of nitrogens with one attached hydrogen (secondary N) is 1. The molecule has 1 fully saturated rings. The third kappa shape index (κ3) is 5.27. The molecule has 26 heavy (non-hydrogen) atoms. The van der Waals surface area contributed by atoms with Crippen molar-refractivity contribution in [2.24, 2.45) is 0 Å². The van der Waals surface area contributed by atoms with Crippen molar-refractivity contribution in [1.82, 2.24) is 15.1 Å². The minimum atomic E-state index is -0.240. The molecule has 1 atom stereocenters. The lowest BCUT2D eigenvalue weighted by Gasteiger charge is -2.36. The highest BCUT2D eigenvalue weighted by Gasteiger charge is 2.26. The largest absolute Gasteiger partial charge is 0.340 e. The molecule has 0 radical (unpaired) electrons. The number of hydrogen-bond donors (Lipinski definition) is 1. The first-order chi connectivity index (χ1) is 12.1. The Hall–Kier alpha value is -1.95. The smallest absolute Gasteiger partial charge is 0.236 e. The van der Waals surface area contributed by atoms with Crippen molar-refractivity contribution < 1.29 is 9.18 Å². The third-order valence-corrected chi connectivity index (χ3v) is 4.61. The number of hydrogen-bond acceptors (Lipinski definition) is 3. The first-order valence-corrected chi connectivity index (χ1v) is 8.61. The summed E-state index contributed by atoms with van der Waals surface area (Å²) in [5.74, 6) is -0.164. The van der Waals surface area contributed by atoms with E-state index in [4.69, 9.17) is 0 Å². The molecule has 140 valence electrons. The molecule has 0 aromatic heterocycles. The molecule has 1 aliphatic rings. The molecule has 3 rings (SSSR count). The predicted molar refractivity (Wildman–Crippen MR) is 104 cm³/mol. The van der Waals surface area contributed by atoms with E-state index in [9.17, 15) is 9.18 Å². The van der Waals surface area contributed by atoms with Crippen molar-refractivity contribution in [3.63, 3.8) is 0 Å². The molecule has 2 aromatic carbocycles. The van der Waals surface area contributed by atoms with E-state index in [0.29, 0.717) is 13.1 Å². The van der Waals surface area contributed by atoms with Crippen LogP contribution in [0.4, 0.5) is 4.39 Å². The Morgan fingerprint density at radius 2 is 2.00 bits per heavy atom. The van der Waals surface area contributed by atoms with Crippen LogP contribution in [0.25, 0.3) is 0 Å². The molecule has 1 saturated heterocycles. The highest BCUT2D eigenvalue weighted by molar-refractivity contribution is 5.85. The number of carbonyl (C=O) groups excluding carboxylic acids is 1. The van der Waals surface area contributed by atoms with Crippen LogP contribution in [0.15, 0.2) is 54.6 Å². The lowest BCUT2D eigenvalue weighted by Crippen LogP contribution is -2.49. The van der Waals surface area contributed by atoms with Gasteiger partial charge in [-0.2, -0.15) is 0 Å². The van der Waals surface area contributed by atoms with Gasteiger partial charge in [-0.05, 0) is 23.3 Å². The summed E-state index contributed by atoms with van der Waals surface area (Å²) in [6.45, 7) is 3.26. The van der Waals surface area contributed by atoms with Crippen LogP contribution in [0.5, 0.6) is 0 Å². The second kappa shape index (κ2) is 9.67. The van der Waals surface area contributed by atoms with Crippen LogP contribution in [0.2, 0.25) is 0 Å². The molecule has 1 amide bonds. The quantitative estimate of drug-likeness (QED) is 0.870. The van der Waals surface area contributed by atoms with Crippen LogP contribution < -0.4 is 5.32 Å². The summed E-state index contributed by atoms with van der Waals surface area (Å²) >= 11 is 0. The second-order valence-electron chi connectivity index (χ2n) is 6.48. The fourth-order valence-corrected chi connectivity index (χ4v) is 3.22. The minimum Gasteiger partial charge on any atom is -0.340 e. The van der Waals surface area contributed by atoms with E-state index in [0.717, 1.165) is 30.8 Å². The van der Waals surface area contributed by atoms with Gasteiger partial charge in [-0.15, -0.1) is 12.4 Å². The molecule has 0 bridgehead atoms. The van der Waals surface area contributed by atoms with Gasteiger partial charge in [-0.1, -0.05) is 42.5 Å². The summed E-state index contributed by atoms with van der Waals surface area (Å²) in [5.41, 5.74) is 2.02. The SMILES string of the molecule is CN(Cc1ccccc1)C(=O)CN1CCNCC1c1cccc(F)c1.Cl. The minimum absolute atomic E-state index is 0. The van der Waals surface area contributed by atoms with Crippen LogP contribution in [-0.2, 0) is 11.3 Å². The topological polar surface area (TPSA) is 35.6 Å². The first kappa shape index (κ1) is 20.4. The molecule has 1 N–H and O–H groups in total. The highest BCUT2D eigenvalue weighted by Crippen LogP contribution is 2.22. The third-order valence-electron chi connectivity index (χ3n) is 4.61. The number of piperazine rings is 1. The van der Waals surface area contributed by atoms with Crippen molar-refractivity contribution in [3.8, 4) is 0 Å². The van der Waals surface area contributed by atoms with Crippen molar-refractivity contribution >= 4 is 18.3 Å². The monoisotopic (exact) mass is 377 g/mol. The predicted octanol–water partition coefficient (Wildman–Crippen LogP) is 2.85. The number of halogens is 2. The molecule has 1 heterocycles. The Balaban J connectivity index is 0.00000243. The van der Waals surface area contributed by atoms with Gasteiger partial charge in [0.25, 0.3) is 0 Å². The zero-order valence-electron chi connectivity index (χ0n) is 14.9. The molecule has 1 aliphatic heterocycles. The van der Waals surface area contributed by atoms with Crippen molar-refractivity contribution in [2.45, 2.75) is 12.6 Å². The Labute approximate surface area is 160 Å². The average Bonchev–Trinajstić information content (AvgIpc) is 2.63. The van der Waals surface area contributed by atoms with Gasteiger partial charge >= 0.3 is 0 Å². The van der Waals surface area contributed by atoms with Crippen LogP contribution >= 0.6 is 12.4 Å². The Kier molecular flexibility index (Phi) is 7.57. The molecular weight excluding hydrogens is 353 g/mol. The van der Waals surface area contributed by atoms with E-state index in [-0.39, 0.29) is 30.2 Å². The summed E-state index contributed by atoms with van der Waals surface area (Å²) in [5, 5.41) is 3.34. The number of benzene rings is 2. The number of likely N-dealkylation sites (N-methyl/N-ethyl adjacent to an activating group) is 1. The van der Waals surface area contributed by atoms with Crippen LogP contribution in [0, 0.1) is 5.82 Å². The molecular formula is C20H25ClFN3O. The highest BCUT2D eigenvalue weighted by atomic mass is 35.5. The van der Waals surface area contributed by atoms with Gasteiger partial charge < -0.3 is 10.2 Å². The molecule has 0 spiro atoms. The molecule has 4 nitrogen and oxygen atoms in total. The summed E-state index contributed by atoms with van der Waals surface area (Å²) in [7, 11) is 1.83. The normalized spacial score (nSPS) is 17.4. The van der Waals surface area contributed by atoms with Crippen LogP contribution in [0.1, 0.15) is 17.2 Å². The molecule has 1 unspecified atom stereocenters. The lowest BCUT2D eigenvalue weighted by atomic mass is 10.0. The lowest BCUT2D eigenvalue weighted by molar-refractivity contribution is -0.132. The Morgan fingerprint density at radius 3 is 2.73 bits per heavy atom. The fourth-order valence-electron chi connectivity index (χ4n) is 3.22. The van der Waals surface area contributed by atoms with E-state index >= 15 is 0 Å². The van der Waals surface area contributed by atoms with Gasteiger partial charge in [0.1, 0.15) is 5.82 Å². The Morgan fingerprint density at radius 1 is 1.23 bits per heavy atom. The maximum atomic E-state index is 13.6. The van der Waals surface area contributed by atoms with Crippen LogP contribution in [-0.4, -0.2) is 48.9 Å². The number of amides is 1. The van der Waals surface area contributed by atoms with Gasteiger partial charge in [0.2, 0.25) is 5.91 Å². The number of rotatable bonds is 5. The van der Waals surface area contributed by atoms with E-state index in [1.807, 2.05) is 43.4 Å². The van der Waals surface area contributed by atoms with Crippen molar-refractivity contribution in [2.75, 3.05) is 33.2 Å². The summed E-state index contributed by atoms with van der Waals surface area (Å²) < 4.78 is 13.6. The average molecular weight is 378 g/mol. The van der Waals surface area contributed by atoms with E-state index in [2.05, 4.69) is 10.2 Å². The Bertz CT molecular complexity index is 713. The zero-order chi connectivity index (χ0) is 17.6. The number of carbonyl (C=O) groups is 1. The second-order valence-corrected chi connectivity index (χ2v) is 6.48. The van der Waals surface area contributed by atoms with Crippen molar-refractivity contribution in [1.29, 1.82) is 0 Å². The van der Waals surface area contributed by atoms with E-state index < -0.39 is 0 Å². The molecule has 0 saturated carbocycles. The maximum Gasteiger partial charge on any atom is 0.236 e. The fraction of sp³-hybridized carbons (Fsp3) is 0.350. The van der Waals surface area contributed by atoms with Gasteiger partial charge in [-0.25, -0.2) is 4.39 Å².